The molecule has 0 atom stereocenters. The number of nitrogens with one attached hydrogen (secondary N) is 1. The van der Waals surface area contributed by atoms with Crippen LogP contribution in [0.5, 0.6) is 0 Å². The summed E-state index contributed by atoms with van der Waals surface area (Å²) in [6.45, 7) is 0. The number of benzene rings is 1. The van der Waals surface area contributed by atoms with Gasteiger partial charge in [0.25, 0.3) is 0 Å². The van der Waals surface area contributed by atoms with E-state index < -0.39 is 0 Å². The van der Waals surface area contributed by atoms with Crippen molar-refractivity contribution >= 4 is 33.1 Å². The molecule has 0 bridgehead atoms. The highest BCUT2D eigenvalue weighted by Gasteiger charge is 2.03. The summed E-state index contributed by atoms with van der Waals surface area (Å²) in [4.78, 5) is 4.11. The molecule has 3 N–H and O–H groups in total. The molecule has 0 saturated carbocycles. The minimum absolute atomic E-state index is 0.224. The lowest BCUT2D eigenvalue weighted by molar-refractivity contribution is 1.26. The number of anilines is 3. The van der Waals surface area contributed by atoms with Gasteiger partial charge in [-0.1, -0.05) is 12.1 Å². The molecule has 0 aliphatic heterocycles. The fraction of sp³-hybridized carbons (Fsp3) is 0. The lowest BCUT2D eigenvalue weighted by Crippen LogP contribution is -1.99. The highest BCUT2D eigenvalue weighted by molar-refractivity contribution is 9.10. The fourth-order valence-corrected chi connectivity index (χ4v) is 1.71. The van der Waals surface area contributed by atoms with E-state index in [-0.39, 0.29) is 5.69 Å². The number of nitrogens with zero attached hydrogens (tertiary/aromatic N) is 2. The third-order valence-corrected chi connectivity index (χ3v) is 2.86. The number of pyridine rings is 1. The fourth-order valence-electron chi connectivity index (χ4n) is 1.33. The van der Waals surface area contributed by atoms with E-state index in [1.807, 2.05) is 30.3 Å². The van der Waals surface area contributed by atoms with E-state index in [1.165, 1.54) is 0 Å². The zero-order valence-corrected chi connectivity index (χ0v) is 10.4. The Labute approximate surface area is 107 Å². The van der Waals surface area contributed by atoms with Gasteiger partial charge >= 0.3 is 0 Å². The van der Waals surface area contributed by atoms with Crippen molar-refractivity contribution < 1.29 is 0 Å². The second-order valence-electron chi connectivity index (χ2n) is 3.35. The molecule has 0 unspecified atom stereocenters. The van der Waals surface area contributed by atoms with Gasteiger partial charge < -0.3 is 11.1 Å². The molecule has 0 amide bonds. The summed E-state index contributed by atoms with van der Waals surface area (Å²) in [5.74, 6) is 0.586. The van der Waals surface area contributed by atoms with E-state index in [9.17, 15) is 0 Å². The minimum atomic E-state index is 0.224. The second kappa shape index (κ2) is 4.85. The zero-order chi connectivity index (χ0) is 12.3. The highest BCUT2D eigenvalue weighted by atomic mass is 79.9. The van der Waals surface area contributed by atoms with Gasteiger partial charge in [0, 0.05) is 4.47 Å². The number of hydrogen-bond donors (Lipinski definition) is 2. The molecular weight excluding hydrogens is 280 g/mol. The summed E-state index contributed by atoms with van der Waals surface area (Å²) >= 11 is 3.42. The van der Waals surface area contributed by atoms with Crippen molar-refractivity contribution in [3.8, 4) is 6.07 Å². The van der Waals surface area contributed by atoms with Crippen molar-refractivity contribution in [2.45, 2.75) is 0 Å². The molecule has 0 fully saturated rings. The molecule has 1 aromatic carbocycles. The summed E-state index contributed by atoms with van der Waals surface area (Å²) < 4.78 is 0.928. The van der Waals surface area contributed by atoms with Crippen LogP contribution in [0.3, 0.4) is 0 Å². The number of halogens is 1. The molecule has 1 heterocycles. The lowest BCUT2D eigenvalue weighted by atomic mass is 10.3. The molecule has 2 rings (SSSR count). The van der Waals surface area contributed by atoms with Gasteiger partial charge in [-0.2, -0.15) is 5.26 Å². The SMILES string of the molecule is N#Cc1nc(Nc2ccccc2Br)ccc1N. The van der Waals surface area contributed by atoms with Crippen molar-refractivity contribution in [2.75, 3.05) is 11.1 Å². The van der Waals surface area contributed by atoms with E-state index in [1.54, 1.807) is 12.1 Å². The van der Waals surface area contributed by atoms with E-state index in [2.05, 4.69) is 26.2 Å². The van der Waals surface area contributed by atoms with Gasteiger partial charge in [0.2, 0.25) is 0 Å². The van der Waals surface area contributed by atoms with Crippen LogP contribution in [0.25, 0.3) is 0 Å². The average molecular weight is 289 g/mol. The Balaban J connectivity index is 2.32. The Kier molecular flexibility index (Phi) is 3.26. The molecule has 0 radical (unpaired) electrons. The van der Waals surface area contributed by atoms with Crippen molar-refractivity contribution in [1.29, 1.82) is 5.26 Å². The number of nitrogen functional groups attached to an aromatic ring is 1. The van der Waals surface area contributed by atoms with Crippen LogP contribution in [0.4, 0.5) is 17.2 Å². The summed E-state index contributed by atoms with van der Waals surface area (Å²) in [5.41, 5.74) is 7.09. The van der Waals surface area contributed by atoms with Gasteiger partial charge in [0.05, 0.1) is 11.4 Å². The largest absolute Gasteiger partial charge is 0.396 e. The van der Waals surface area contributed by atoms with E-state index in [4.69, 9.17) is 11.0 Å². The van der Waals surface area contributed by atoms with E-state index in [0.717, 1.165) is 10.2 Å². The highest BCUT2D eigenvalue weighted by Crippen LogP contribution is 2.25. The molecule has 84 valence electrons. The summed E-state index contributed by atoms with van der Waals surface area (Å²) in [5, 5.41) is 11.9. The van der Waals surface area contributed by atoms with Gasteiger partial charge in [-0.15, -0.1) is 0 Å². The zero-order valence-electron chi connectivity index (χ0n) is 8.81. The first-order chi connectivity index (χ1) is 8.20. The van der Waals surface area contributed by atoms with Crippen molar-refractivity contribution in [3.63, 3.8) is 0 Å². The predicted molar refractivity (Wildman–Crippen MR) is 70.8 cm³/mol. The molecule has 0 aliphatic carbocycles. The first-order valence-electron chi connectivity index (χ1n) is 4.89. The molecule has 17 heavy (non-hydrogen) atoms. The van der Waals surface area contributed by atoms with Gasteiger partial charge in [-0.3, -0.25) is 0 Å². The third-order valence-electron chi connectivity index (χ3n) is 2.17. The summed E-state index contributed by atoms with van der Waals surface area (Å²) in [7, 11) is 0. The maximum atomic E-state index is 8.83. The van der Waals surface area contributed by atoms with Crippen LogP contribution in [0.1, 0.15) is 5.69 Å². The van der Waals surface area contributed by atoms with E-state index >= 15 is 0 Å². The van der Waals surface area contributed by atoms with Crippen molar-refractivity contribution in [3.05, 3.63) is 46.6 Å². The topological polar surface area (TPSA) is 74.7 Å². The number of aromatic nitrogens is 1. The van der Waals surface area contributed by atoms with Crippen molar-refractivity contribution in [1.82, 2.24) is 4.98 Å². The Hall–Kier alpha value is -2.06. The normalized spacial score (nSPS) is 9.65. The average Bonchev–Trinajstić information content (AvgIpc) is 2.34. The van der Waals surface area contributed by atoms with Crippen LogP contribution >= 0.6 is 15.9 Å². The van der Waals surface area contributed by atoms with Crippen LogP contribution in [0.2, 0.25) is 0 Å². The first kappa shape index (κ1) is 11.4. The maximum Gasteiger partial charge on any atom is 0.165 e. The molecule has 0 spiro atoms. The van der Waals surface area contributed by atoms with Crippen LogP contribution in [-0.2, 0) is 0 Å². The quantitative estimate of drug-likeness (QED) is 0.891. The first-order valence-corrected chi connectivity index (χ1v) is 5.68. The van der Waals surface area contributed by atoms with Crippen molar-refractivity contribution in [2.24, 2.45) is 0 Å². The molecular formula is C12H9BrN4. The smallest absolute Gasteiger partial charge is 0.165 e. The Morgan fingerprint density at radius 3 is 2.71 bits per heavy atom. The van der Waals surface area contributed by atoms with Crippen LogP contribution in [-0.4, -0.2) is 4.98 Å². The second-order valence-corrected chi connectivity index (χ2v) is 4.21. The monoisotopic (exact) mass is 288 g/mol. The summed E-state index contributed by atoms with van der Waals surface area (Å²) in [6, 6.07) is 13.0. The van der Waals surface area contributed by atoms with Gasteiger partial charge in [-0.25, -0.2) is 4.98 Å². The molecule has 4 nitrogen and oxygen atoms in total. The standard InChI is InChI=1S/C12H9BrN4/c13-8-3-1-2-4-10(8)16-12-6-5-9(15)11(7-14)17-12/h1-6H,15H2,(H,16,17). The minimum Gasteiger partial charge on any atom is -0.396 e. The van der Waals surface area contributed by atoms with Gasteiger partial charge in [0.1, 0.15) is 11.9 Å². The Bertz CT molecular complexity index is 589. The Morgan fingerprint density at radius 1 is 1.24 bits per heavy atom. The third kappa shape index (κ3) is 2.55. The Morgan fingerprint density at radius 2 is 2.00 bits per heavy atom. The van der Waals surface area contributed by atoms with Gasteiger partial charge in [-0.05, 0) is 40.2 Å². The van der Waals surface area contributed by atoms with Gasteiger partial charge in [0.15, 0.2) is 5.69 Å². The van der Waals surface area contributed by atoms with Crippen LogP contribution in [0, 0.1) is 11.3 Å². The molecule has 0 saturated heterocycles. The summed E-state index contributed by atoms with van der Waals surface area (Å²) in [6.07, 6.45) is 0. The number of hydrogen-bond acceptors (Lipinski definition) is 4. The number of rotatable bonds is 2. The molecule has 1 aromatic heterocycles. The lowest BCUT2D eigenvalue weighted by Gasteiger charge is -2.08. The van der Waals surface area contributed by atoms with Crippen LogP contribution in [0.15, 0.2) is 40.9 Å². The van der Waals surface area contributed by atoms with Crippen LogP contribution < -0.4 is 11.1 Å². The molecule has 0 aliphatic rings. The van der Waals surface area contributed by atoms with E-state index in [0.29, 0.717) is 11.5 Å². The maximum absolute atomic E-state index is 8.83. The molecule has 2 aromatic rings. The predicted octanol–water partition coefficient (Wildman–Crippen LogP) is 3.04. The molecule has 5 heteroatoms. The number of nitriles is 1. The number of para-hydroxylation sites is 1. The number of nitrogens with two attached hydrogens (primary N) is 1.